The van der Waals surface area contributed by atoms with Crippen LogP contribution in [0.2, 0.25) is 0 Å². The Balaban J connectivity index is 2.01. The average molecular weight is 295 g/mol. The van der Waals surface area contributed by atoms with Gasteiger partial charge in [-0.05, 0) is 26.3 Å². The fourth-order valence-corrected chi connectivity index (χ4v) is 6.05. The summed E-state index contributed by atoms with van der Waals surface area (Å²) < 4.78 is 0.175. The maximum Gasteiger partial charge on any atom is 0.108 e. The minimum Gasteiger partial charge on any atom is -0.295 e. The molecule has 4 heteroatoms. The number of thioether (sulfide) groups is 2. The molecule has 0 aliphatic carbocycles. The fraction of sp³-hybridized carbons (Fsp3) is 0.600. The van der Waals surface area contributed by atoms with Gasteiger partial charge in [-0.3, -0.25) is 4.84 Å². The van der Waals surface area contributed by atoms with Gasteiger partial charge in [0, 0.05) is 17.0 Å². The van der Waals surface area contributed by atoms with E-state index in [1.165, 1.54) is 17.1 Å². The Bertz CT molecular complexity index is 437. The van der Waals surface area contributed by atoms with Gasteiger partial charge in [-0.1, -0.05) is 30.3 Å². The second-order valence-corrected chi connectivity index (χ2v) is 9.20. The molecule has 0 N–H and O–H groups in total. The third-order valence-electron chi connectivity index (χ3n) is 3.61. The van der Waals surface area contributed by atoms with Gasteiger partial charge in [0.15, 0.2) is 0 Å². The summed E-state index contributed by atoms with van der Waals surface area (Å²) in [5.74, 6) is 2.46. The van der Waals surface area contributed by atoms with Crippen molar-refractivity contribution in [3.05, 3.63) is 35.9 Å². The van der Waals surface area contributed by atoms with E-state index < -0.39 is 0 Å². The lowest BCUT2D eigenvalue weighted by molar-refractivity contribution is -0.189. The van der Waals surface area contributed by atoms with Crippen molar-refractivity contribution in [3.63, 3.8) is 0 Å². The number of benzene rings is 1. The van der Waals surface area contributed by atoms with Crippen LogP contribution in [-0.2, 0) is 4.84 Å². The van der Waals surface area contributed by atoms with Crippen LogP contribution in [0.5, 0.6) is 0 Å². The summed E-state index contributed by atoms with van der Waals surface area (Å²) in [7, 11) is 0. The van der Waals surface area contributed by atoms with Gasteiger partial charge in [-0.25, -0.2) is 0 Å². The first-order valence-electron chi connectivity index (χ1n) is 6.78. The molecule has 2 heterocycles. The van der Waals surface area contributed by atoms with Crippen LogP contribution in [0.15, 0.2) is 30.3 Å². The van der Waals surface area contributed by atoms with Gasteiger partial charge in [-0.15, -0.1) is 23.5 Å². The number of hydrogen-bond acceptors (Lipinski definition) is 4. The SMILES string of the molecule is CC(C)(C)N1OCC2(SCCS2)[C@@H]1c1ccccc1. The molecule has 2 nitrogen and oxygen atoms in total. The number of nitrogens with zero attached hydrogens (tertiary/aromatic N) is 1. The first-order valence-corrected chi connectivity index (χ1v) is 8.75. The highest BCUT2D eigenvalue weighted by atomic mass is 32.2. The Morgan fingerprint density at radius 1 is 1.16 bits per heavy atom. The van der Waals surface area contributed by atoms with E-state index in [-0.39, 0.29) is 9.62 Å². The normalized spacial score (nSPS) is 27.2. The van der Waals surface area contributed by atoms with Gasteiger partial charge in [0.25, 0.3) is 0 Å². The van der Waals surface area contributed by atoms with Gasteiger partial charge in [0.05, 0.1) is 12.6 Å². The maximum absolute atomic E-state index is 6.11. The highest BCUT2D eigenvalue weighted by Gasteiger charge is 2.55. The zero-order valence-corrected chi connectivity index (χ0v) is 13.4. The van der Waals surface area contributed by atoms with Crippen molar-refractivity contribution in [3.8, 4) is 0 Å². The molecule has 0 radical (unpaired) electrons. The molecule has 19 heavy (non-hydrogen) atoms. The van der Waals surface area contributed by atoms with E-state index >= 15 is 0 Å². The van der Waals surface area contributed by atoms with E-state index in [2.05, 4.69) is 79.7 Å². The van der Waals surface area contributed by atoms with Gasteiger partial charge < -0.3 is 0 Å². The molecule has 2 saturated heterocycles. The molecule has 0 aromatic heterocycles. The molecule has 1 spiro atoms. The molecule has 2 aliphatic rings. The summed E-state index contributed by atoms with van der Waals surface area (Å²) >= 11 is 4.14. The minimum atomic E-state index is 0.0215. The van der Waals surface area contributed by atoms with Crippen LogP contribution in [0.3, 0.4) is 0 Å². The number of rotatable bonds is 1. The summed E-state index contributed by atoms with van der Waals surface area (Å²) in [5.41, 5.74) is 1.39. The fourth-order valence-electron chi connectivity index (χ4n) is 2.81. The number of hydrogen-bond donors (Lipinski definition) is 0. The summed E-state index contributed by atoms with van der Waals surface area (Å²) in [6, 6.07) is 11.2. The van der Waals surface area contributed by atoms with Gasteiger partial charge in [0.2, 0.25) is 0 Å². The molecule has 3 rings (SSSR count). The topological polar surface area (TPSA) is 12.5 Å². The molecule has 1 atom stereocenters. The Morgan fingerprint density at radius 2 is 1.79 bits per heavy atom. The molecule has 1 aromatic rings. The summed E-state index contributed by atoms with van der Waals surface area (Å²) in [4.78, 5) is 6.11. The predicted octanol–water partition coefficient (Wildman–Crippen LogP) is 3.95. The average Bonchev–Trinajstić information content (AvgIpc) is 2.98. The van der Waals surface area contributed by atoms with E-state index in [1.807, 2.05) is 0 Å². The second kappa shape index (κ2) is 4.99. The third kappa shape index (κ3) is 2.44. The Hall–Kier alpha value is -0.160. The Labute approximate surface area is 124 Å². The lowest BCUT2D eigenvalue weighted by atomic mass is 9.99. The molecule has 2 aliphatic heterocycles. The standard InChI is InChI=1S/C15H21NOS2/c1-14(2,3)16-13(12-7-5-4-6-8-12)15(11-17-16)18-9-10-19-15/h4-8,13H,9-11H2,1-3H3/t13-/m0/s1. The predicted molar refractivity (Wildman–Crippen MR) is 84.4 cm³/mol. The summed E-state index contributed by atoms with van der Waals surface area (Å²) in [5, 5.41) is 2.22. The van der Waals surface area contributed by atoms with Crippen molar-refractivity contribution in [2.75, 3.05) is 18.1 Å². The van der Waals surface area contributed by atoms with Crippen LogP contribution in [-0.4, -0.2) is 32.8 Å². The Kier molecular flexibility index (Phi) is 3.63. The van der Waals surface area contributed by atoms with Gasteiger partial charge in [0.1, 0.15) is 4.08 Å². The van der Waals surface area contributed by atoms with Crippen molar-refractivity contribution < 1.29 is 4.84 Å². The molecule has 0 saturated carbocycles. The molecule has 104 valence electrons. The molecular weight excluding hydrogens is 274 g/mol. The van der Waals surface area contributed by atoms with Crippen LogP contribution in [0.1, 0.15) is 32.4 Å². The third-order valence-corrected chi connectivity index (χ3v) is 7.05. The smallest absolute Gasteiger partial charge is 0.108 e. The zero-order valence-electron chi connectivity index (χ0n) is 11.8. The lowest BCUT2D eigenvalue weighted by Crippen LogP contribution is -2.42. The van der Waals surface area contributed by atoms with Crippen molar-refractivity contribution in [2.24, 2.45) is 0 Å². The van der Waals surface area contributed by atoms with E-state index in [9.17, 15) is 0 Å². The van der Waals surface area contributed by atoms with Gasteiger partial charge in [-0.2, -0.15) is 5.06 Å². The highest BCUT2D eigenvalue weighted by molar-refractivity contribution is 8.21. The van der Waals surface area contributed by atoms with Crippen LogP contribution in [0.4, 0.5) is 0 Å². The molecule has 2 fully saturated rings. The summed E-state index contributed by atoms with van der Waals surface area (Å²) in [6.07, 6.45) is 0. The molecule has 0 amide bonds. The summed E-state index contributed by atoms with van der Waals surface area (Å²) in [6.45, 7) is 7.50. The number of hydroxylamine groups is 2. The first kappa shape index (κ1) is 13.8. The maximum atomic E-state index is 6.11. The largest absolute Gasteiger partial charge is 0.295 e. The van der Waals surface area contributed by atoms with Crippen LogP contribution in [0, 0.1) is 0 Å². The lowest BCUT2D eigenvalue weighted by Gasteiger charge is -2.38. The molecular formula is C15H21NOS2. The Morgan fingerprint density at radius 3 is 2.37 bits per heavy atom. The van der Waals surface area contributed by atoms with Crippen molar-refractivity contribution in [1.29, 1.82) is 0 Å². The van der Waals surface area contributed by atoms with E-state index in [1.54, 1.807) is 0 Å². The quantitative estimate of drug-likeness (QED) is 0.777. The van der Waals surface area contributed by atoms with Crippen LogP contribution < -0.4 is 0 Å². The van der Waals surface area contributed by atoms with Gasteiger partial charge >= 0.3 is 0 Å². The molecule has 0 unspecified atom stereocenters. The van der Waals surface area contributed by atoms with E-state index in [4.69, 9.17) is 4.84 Å². The van der Waals surface area contributed by atoms with Crippen LogP contribution >= 0.6 is 23.5 Å². The van der Waals surface area contributed by atoms with E-state index in [0.717, 1.165) is 6.61 Å². The highest BCUT2D eigenvalue weighted by Crippen LogP contribution is 2.58. The minimum absolute atomic E-state index is 0.0215. The molecule has 0 bridgehead atoms. The first-order chi connectivity index (χ1) is 9.03. The van der Waals surface area contributed by atoms with E-state index in [0.29, 0.717) is 6.04 Å². The second-order valence-electron chi connectivity index (χ2n) is 6.09. The van der Waals surface area contributed by atoms with Crippen LogP contribution in [0.25, 0.3) is 0 Å². The van der Waals surface area contributed by atoms with Crippen molar-refractivity contribution in [1.82, 2.24) is 5.06 Å². The van der Waals surface area contributed by atoms with Crippen molar-refractivity contribution >= 4 is 23.5 Å². The molecule has 1 aromatic carbocycles. The zero-order chi connectivity index (χ0) is 13.5. The monoisotopic (exact) mass is 295 g/mol. The van der Waals surface area contributed by atoms with Crippen molar-refractivity contribution in [2.45, 2.75) is 36.4 Å².